The Morgan fingerprint density at radius 3 is 1.60 bits per heavy atom. The standard InChI is InChI=1S/C20H35N3O3Si.C19H35NO4Si/c1-19(2,3)26-18(24)23-15(12-25-27(7,8)20(4,5)6)16-14(11-21-22-16)17(23)13-9-10-13;1-18(2,3)24-17(22)20-14(13-9-10-13)11-16(21)15(20)12-23-25(7,8)19(4,5)6/h11,13,15,17H,9-10,12H2,1-8H3,(H,21,22);13-15H,9-12H2,1-8H3/t15?,17-;14-,15?/m10/s1. The number of amides is 2. The highest BCUT2D eigenvalue weighted by molar-refractivity contribution is 6.74. The molecule has 2 aliphatic carbocycles. The Balaban J connectivity index is 0.000000234. The molecule has 2 amide bonds. The highest BCUT2D eigenvalue weighted by Crippen LogP contribution is 2.53. The summed E-state index contributed by atoms with van der Waals surface area (Å²) in [7, 11) is -3.91. The van der Waals surface area contributed by atoms with Gasteiger partial charge in [-0.15, -0.1) is 0 Å². The van der Waals surface area contributed by atoms with E-state index < -0.39 is 33.9 Å². The smallest absolute Gasteiger partial charge is 0.411 e. The summed E-state index contributed by atoms with van der Waals surface area (Å²) in [4.78, 5) is 42.2. The molecule has 4 aliphatic rings. The van der Waals surface area contributed by atoms with Gasteiger partial charge in [-0.2, -0.15) is 5.10 Å². The number of hydrogen-bond donors (Lipinski definition) is 1. The van der Waals surface area contributed by atoms with Crippen LogP contribution in [-0.4, -0.2) is 91.1 Å². The molecule has 11 nitrogen and oxygen atoms in total. The molecule has 0 spiro atoms. The van der Waals surface area contributed by atoms with Crippen LogP contribution in [0.2, 0.25) is 36.3 Å². The Labute approximate surface area is 315 Å². The minimum atomic E-state index is -1.98. The highest BCUT2D eigenvalue weighted by Gasteiger charge is 2.53. The lowest BCUT2D eigenvalue weighted by atomic mass is 10.1. The molecular formula is C39H70N4O7Si2. The fourth-order valence-electron chi connectivity index (χ4n) is 6.36. The predicted octanol–water partition coefficient (Wildman–Crippen LogP) is 9.54. The largest absolute Gasteiger partial charge is 0.444 e. The van der Waals surface area contributed by atoms with Gasteiger partial charge < -0.3 is 18.3 Å². The lowest BCUT2D eigenvalue weighted by molar-refractivity contribution is -0.120. The second kappa shape index (κ2) is 14.8. The Bertz CT molecular complexity index is 1440. The first kappa shape index (κ1) is 42.5. The van der Waals surface area contributed by atoms with E-state index in [4.69, 9.17) is 18.3 Å². The van der Waals surface area contributed by atoms with Gasteiger partial charge in [-0.25, -0.2) is 9.59 Å². The van der Waals surface area contributed by atoms with E-state index in [1.807, 2.05) is 52.6 Å². The van der Waals surface area contributed by atoms with E-state index in [9.17, 15) is 14.4 Å². The third kappa shape index (κ3) is 10.1. The van der Waals surface area contributed by atoms with E-state index in [0.717, 1.165) is 36.9 Å². The average molecular weight is 763 g/mol. The fraction of sp³-hybridized carbons (Fsp3) is 0.846. The van der Waals surface area contributed by atoms with Crippen LogP contribution in [0.3, 0.4) is 0 Å². The second-order valence-corrected chi connectivity index (χ2v) is 30.2. The number of aromatic amines is 1. The van der Waals surface area contributed by atoms with Crippen molar-refractivity contribution < 1.29 is 32.7 Å². The van der Waals surface area contributed by atoms with E-state index in [0.29, 0.717) is 24.9 Å². The third-order valence-corrected chi connectivity index (χ3v) is 20.7. The minimum Gasteiger partial charge on any atom is -0.444 e. The zero-order valence-electron chi connectivity index (χ0n) is 35.2. The number of hydrogen-bond acceptors (Lipinski definition) is 8. The fourth-order valence-corrected chi connectivity index (χ4v) is 8.38. The molecule has 296 valence electrons. The Morgan fingerprint density at radius 1 is 0.731 bits per heavy atom. The van der Waals surface area contributed by atoms with Crippen molar-refractivity contribution in [2.75, 3.05) is 13.2 Å². The Morgan fingerprint density at radius 2 is 1.17 bits per heavy atom. The second-order valence-electron chi connectivity index (χ2n) is 20.5. The van der Waals surface area contributed by atoms with E-state index in [1.165, 1.54) is 0 Å². The van der Waals surface area contributed by atoms with Crippen molar-refractivity contribution in [1.29, 1.82) is 0 Å². The first-order valence-electron chi connectivity index (χ1n) is 19.4. The van der Waals surface area contributed by atoms with Crippen molar-refractivity contribution in [2.24, 2.45) is 11.8 Å². The maximum absolute atomic E-state index is 13.1. The van der Waals surface area contributed by atoms with Gasteiger partial charge >= 0.3 is 12.2 Å². The summed E-state index contributed by atoms with van der Waals surface area (Å²) in [5, 5.41) is 7.60. The van der Waals surface area contributed by atoms with E-state index >= 15 is 0 Å². The average Bonchev–Trinajstić information content (AvgIpc) is 3.87. The first-order valence-corrected chi connectivity index (χ1v) is 25.2. The molecule has 0 bridgehead atoms. The van der Waals surface area contributed by atoms with Crippen molar-refractivity contribution in [2.45, 2.75) is 187 Å². The van der Waals surface area contributed by atoms with Gasteiger partial charge in [0.2, 0.25) is 0 Å². The topological polar surface area (TPSA) is 123 Å². The molecule has 1 saturated heterocycles. The maximum Gasteiger partial charge on any atom is 0.411 e. The number of likely N-dealkylation sites (tertiary alicyclic amines) is 1. The lowest BCUT2D eigenvalue weighted by Gasteiger charge is -2.39. The normalized spacial score (nSPS) is 24.4. The number of ketones is 1. The lowest BCUT2D eigenvalue weighted by Crippen LogP contribution is -2.50. The summed E-state index contributed by atoms with van der Waals surface area (Å²) in [6.45, 7) is 34.1. The number of carbonyl (C=O) groups is 3. The molecule has 3 fully saturated rings. The van der Waals surface area contributed by atoms with Gasteiger partial charge in [0.15, 0.2) is 22.4 Å². The van der Waals surface area contributed by atoms with Crippen LogP contribution in [0, 0.1) is 11.8 Å². The highest BCUT2D eigenvalue weighted by atomic mass is 28.4. The quantitative estimate of drug-likeness (QED) is 0.260. The van der Waals surface area contributed by atoms with Crippen LogP contribution in [0.15, 0.2) is 6.20 Å². The van der Waals surface area contributed by atoms with Crippen molar-refractivity contribution in [3.8, 4) is 0 Å². The van der Waals surface area contributed by atoms with Gasteiger partial charge in [0.05, 0.1) is 37.2 Å². The molecule has 2 saturated carbocycles. The summed E-state index contributed by atoms with van der Waals surface area (Å²) in [6.07, 6.45) is 6.15. The summed E-state index contributed by atoms with van der Waals surface area (Å²) >= 11 is 0. The van der Waals surface area contributed by atoms with Gasteiger partial charge in [-0.1, -0.05) is 41.5 Å². The van der Waals surface area contributed by atoms with Crippen LogP contribution < -0.4 is 0 Å². The number of fused-ring (bicyclic) bond motifs is 1. The van der Waals surface area contributed by atoms with Crippen molar-refractivity contribution in [3.63, 3.8) is 0 Å². The van der Waals surface area contributed by atoms with Gasteiger partial charge in [0.1, 0.15) is 17.2 Å². The molecule has 2 aliphatic heterocycles. The van der Waals surface area contributed by atoms with Gasteiger partial charge in [0, 0.05) is 18.0 Å². The number of Topliss-reactive ketones (excluding diaryl/α,β-unsaturated/α-hetero) is 1. The van der Waals surface area contributed by atoms with E-state index in [-0.39, 0.29) is 52.8 Å². The van der Waals surface area contributed by atoms with Gasteiger partial charge in [-0.05, 0) is 115 Å². The number of aromatic nitrogens is 2. The maximum atomic E-state index is 13.1. The first-order chi connectivity index (χ1) is 23.5. The number of rotatable bonds is 8. The van der Waals surface area contributed by atoms with Gasteiger partial charge in [-0.3, -0.25) is 19.7 Å². The molecule has 1 N–H and O–H groups in total. The van der Waals surface area contributed by atoms with Crippen LogP contribution in [0.4, 0.5) is 9.59 Å². The van der Waals surface area contributed by atoms with Crippen LogP contribution in [0.25, 0.3) is 0 Å². The third-order valence-electron chi connectivity index (χ3n) is 11.7. The van der Waals surface area contributed by atoms with E-state index in [1.54, 1.807) is 4.90 Å². The summed E-state index contributed by atoms with van der Waals surface area (Å²) in [5.74, 6) is 1.04. The zero-order valence-corrected chi connectivity index (χ0v) is 37.2. The Kier molecular flexibility index (Phi) is 12.1. The summed E-state index contributed by atoms with van der Waals surface area (Å²) in [5.41, 5.74) is 1.05. The molecule has 3 heterocycles. The van der Waals surface area contributed by atoms with Crippen LogP contribution >= 0.6 is 0 Å². The van der Waals surface area contributed by atoms with Crippen molar-refractivity contribution >= 4 is 34.6 Å². The predicted molar refractivity (Wildman–Crippen MR) is 209 cm³/mol. The summed E-state index contributed by atoms with van der Waals surface area (Å²) in [6, 6.07) is -0.649. The molecule has 4 atom stereocenters. The molecular weight excluding hydrogens is 693 g/mol. The SMILES string of the molecule is CC(C)(C)OC(=O)N1C(CO[Si](C)(C)C(C)(C)C)C(=O)C[C@H]1C1CC1.CC(C)(C)OC(=O)N1C(CO[Si](C)(C)C(C)(C)C)c2[nH]ncc2[C@H]1C1CC1. The van der Waals surface area contributed by atoms with Crippen LogP contribution in [-0.2, 0) is 23.1 Å². The number of carbonyl (C=O) groups excluding carboxylic acids is 3. The molecule has 1 aromatic heterocycles. The molecule has 52 heavy (non-hydrogen) atoms. The molecule has 13 heteroatoms. The van der Waals surface area contributed by atoms with Crippen molar-refractivity contribution in [1.82, 2.24) is 20.0 Å². The monoisotopic (exact) mass is 762 g/mol. The van der Waals surface area contributed by atoms with Gasteiger partial charge in [0.25, 0.3) is 0 Å². The molecule has 0 radical (unpaired) electrons. The molecule has 2 unspecified atom stereocenters. The molecule has 5 rings (SSSR count). The zero-order chi connectivity index (χ0) is 39.4. The molecule has 1 aromatic rings. The van der Waals surface area contributed by atoms with Crippen molar-refractivity contribution in [3.05, 3.63) is 17.5 Å². The minimum absolute atomic E-state index is 0.0182. The number of H-pyrrole nitrogens is 1. The number of nitrogens with zero attached hydrogens (tertiary/aromatic N) is 3. The molecule has 0 aromatic carbocycles. The van der Waals surface area contributed by atoms with E-state index in [2.05, 4.69) is 77.9 Å². The number of ether oxygens (including phenoxy) is 2. The van der Waals surface area contributed by atoms with Crippen LogP contribution in [0.1, 0.15) is 139 Å². The summed E-state index contributed by atoms with van der Waals surface area (Å²) < 4.78 is 24.1. The Hall–Kier alpha value is -2.23. The number of nitrogens with one attached hydrogen (secondary N) is 1. The van der Waals surface area contributed by atoms with Crippen LogP contribution in [0.5, 0.6) is 0 Å².